The normalized spacial score (nSPS) is 21.7. The molecule has 3 heterocycles. The summed E-state index contributed by atoms with van der Waals surface area (Å²) in [4.78, 5) is 14.1. The third-order valence-electron chi connectivity index (χ3n) is 8.64. The molecule has 6 rings (SSSR count). The Kier molecular flexibility index (Phi) is 7.77. The first-order chi connectivity index (χ1) is 19.1. The third-order valence-corrected chi connectivity index (χ3v) is 8.64. The van der Waals surface area contributed by atoms with Gasteiger partial charge in [0.25, 0.3) is 0 Å². The van der Waals surface area contributed by atoms with Crippen LogP contribution < -0.4 is 9.47 Å². The number of carbonyl (C=O) groups is 1. The molecule has 3 aromatic rings. The number of hydrogen-bond donors (Lipinski definition) is 1. The molecule has 1 unspecified atom stereocenters. The highest BCUT2D eigenvalue weighted by Gasteiger charge is 2.33. The zero-order valence-corrected chi connectivity index (χ0v) is 22.4. The van der Waals surface area contributed by atoms with Crippen LogP contribution in [0.1, 0.15) is 72.4 Å². The Morgan fingerprint density at radius 2 is 1.85 bits per heavy atom. The molecular weight excluding hydrogens is 490 g/mol. The summed E-state index contributed by atoms with van der Waals surface area (Å²) in [5.41, 5.74) is 5.52. The number of carboxylic acids is 1. The lowest BCUT2D eigenvalue weighted by atomic mass is 9.86. The van der Waals surface area contributed by atoms with E-state index in [1.807, 2.05) is 17.0 Å². The molecule has 0 spiro atoms. The molecule has 1 aliphatic carbocycles. The smallest absolute Gasteiger partial charge is 0.321 e. The monoisotopic (exact) mass is 527 g/mol. The zero-order chi connectivity index (χ0) is 26.6. The van der Waals surface area contributed by atoms with E-state index in [9.17, 15) is 9.90 Å². The van der Waals surface area contributed by atoms with Gasteiger partial charge in [0.15, 0.2) is 0 Å². The average molecular weight is 528 g/mol. The van der Waals surface area contributed by atoms with Crippen molar-refractivity contribution >= 4 is 5.97 Å². The van der Waals surface area contributed by atoms with Crippen LogP contribution in [0.15, 0.2) is 54.7 Å². The van der Waals surface area contributed by atoms with Crippen molar-refractivity contribution in [1.82, 2.24) is 15.1 Å². The van der Waals surface area contributed by atoms with Crippen molar-refractivity contribution in [3.05, 3.63) is 82.7 Å². The molecule has 2 aliphatic heterocycles. The van der Waals surface area contributed by atoms with Crippen molar-refractivity contribution in [3.8, 4) is 11.5 Å². The van der Waals surface area contributed by atoms with Gasteiger partial charge in [-0.2, -0.15) is 10.2 Å². The summed E-state index contributed by atoms with van der Waals surface area (Å²) in [5.74, 6) is 2.10. The number of ether oxygens (including phenoxy) is 2. The predicted molar refractivity (Wildman–Crippen MR) is 148 cm³/mol. The van der Waals surface area contributed by atoms with Crippen LogP contribution in [0.5, 0.6) is 11.5 Å². The molecule has 0 radical (unpaired) electrons. The maximum Gasteiger partial charge on any atom is 0.321 e. The fourth-order valence-electron chi connectivity index (χ4n) is 6.42. The number of rotatable bonds is 7. The van der Waals surface area contributed by atoms with Gasteiger partial charge in [-0.15, -0.1) is 0 Å². The van der Waals surface area contributed by atoms with Gasteiger partial charge in [0.2, 0.25) is 0 Å². The van der Waals surface area contributed by atoms with Gasteiger partial charge in [0, 0.05) is 19.3 Å². The number of fused-ring (bicyclic) bond motifs is 2. The summed E-state index contributed by atoms with van der Waals surface area (Å²) in [6.07, 6.45) is 10.5. The minimum Gasteiger partial charge on any atom is -0.493 e. The quantitative estimate of drug-likeness (QED) is 0.431. The summed E-state index contributed by atoms with van der Waals surface area (Å²) >= 11 is 0. The Morgan fingerprint density at radius 1 is 1.00 bits per heavy atom. The molecule has 2 atom stereocenters. The van der Waals surface area contributed by atoms with Gasteiger partial charge >= 0.3 is 5.97 Å². The number of benzene rings is 2. The van der Waals surface area contributed by atoms with Crippen molar-refractivity contribution in [2.75, 3.05) is 13.2 Å². The van der Waals surface area contributed by atoms with Gasteiger partial charge in [-0.3, -0.25) is 9.69 Å². The highest BCUT2D eigenvalue weighted by atomic mass is 16.5. The molecule has 0 bridgehead atoms. The molecule has 1 saturated carbocycles. The summed E-state index contributed by atoms with van der Waals surface area (Å²) in [7, 11) is 0. The fraction of sp³-hybridized carbons (Fsp3) is 0.469. The molecule has 1 aromatic heterocycles. The van der Waals surface area contributed by atoms with Crippen LogP contribution >= 0.6 is 0 Å². The molecule has 7 nitrogen and oxygen atoms in total. The lowest BCUT2D eigenvalue weighted by molar-refractivity contribution is -0.144. The Balaban J connectivity index is 1.16. The van der Waals surface area contributed by atoms with Crippen LogP contribution in [-0.2, 0) is 30.7 Å². The molecule has 3 aliphatic rings. The van der Waals surface area contributed by atoms with Crippen molar-refractivity contribution < 1.29 is 19.4 Å². The van der Waals surface area contributed by atoms with E-state index < -0.39 is 12.0 Å². The summed E-state index contributed by atoms with van der Waals surface area (Å²) in [6, 6.07) is 16.1. The first kappa shape index (κ1) is 25.8. The maximum absolute atomic E-state index is 12.1. The van der Waals surface area contributed by atoms with Gasteiger partial charge in [-0.05, 0) is 96.5 Å². The molecule has 1 N–H and O–H groups in total. The predicted octanol–water partition coefficient (Wildman–Crippen LogP) is 5.56. The summed E-state index contributed by atoms with van der Waals surface area (Å²) in [5, 5.41) is 18.1. The van der Waals surface area contributed by atoms with E-state index in [4.69, 9.17) is 9.47 Å². The minimum atomic E-state index is -0.813. The molecular formula is C32H37N3O4. The first-order valence-electron chi connectivity index (χ1n) is 14.4. The third kappa shape index (κ3) is 6.09. The standard InChI is InChI=1S/C32H37N3O4/c36-32(37)30-17-25-18-31-26(16-27(25)19-35(30)20-28-7-4-13-33-34-28)15-24(12-14-38-31)23-8-10-29(11-9-23)39-21-22-5-2-1-3-6-22/h4,7-11,13,16,18,22,24,30H,1-3,5-6,12,14-15,17,19-21H2,(H,36,37)/t24?,30-/m0/s1. The van der Waals surface area contributed by atoms with Crippen molar-refractivity contribution in [1.29, 1.82) is 0 Å². The fourth-order valence-corrected chi connectivity index (χ4v) is 6.42. The first-order valence-corrected chi connectivity index (χ1v) is 14.4. The molecule has 0 amide bonds. The van der Waals surface area contributed by atoms with Crippen LogP contribution in [0, 0.1) is 5.92 Å². The largest absolute Gasteiger partial charge is 0.493 e. The van der Waals surface area contributed by atoms with Gasteiger partial charge in [0.05, 0.1) is 18.9 Å². The van der Waals surface area contributed by atoms with Crippen LogP contribution in [-0.4, -0.2) is 45.4 Å². The molecule has 0 saturated heterocycles. The van der Waals surface area contributed by atoms with Crippen LogP contribution in [0.4, 0.5) is 0 Å². The maximum atomic E-state index is 12.1. The summed E-state index contributed by atoms with van der Waals surface area (Å²) in [6.45, 7) is 2.49. The number of aromatic nitrogens is 2. The van der Waals surface area contributed by atoms with Crippen LogP contribution in [0.25, 0.3) is 0 Å². The highest BCUT2D eigenvalue weighted by molar-refractivity contribution is 5.74. The second-order valence-electron chi connectivity index (χ2n) is 11.3. The zero-order valence-electron chi connectivity index (χ0n) is 22.4. The van der Waals surface area contributed by atoms with E-state index in [1.54, 1.807) is 6.20 Å². The molecule has 204 valence electrons. The van der Waals surface area contributed by atoms with Crippen molar-refractivity contribution in [2.45, 2.75) is 76.4 Å². The lowest BCUT2D eigenvalue weighted by Crippen LogP contribution is -2.45. The van der Waals surface area contributed by atoms with E-state index in [0.717, 1.165) is 42.2 Å². The minimum absolute atomic E-state index is 0.364. The van der Waals surface area contributed by atoms with Crippen LogP contribution in [0.3, 0.4) is 0 Å². The topological polar surface area (TPSA) is 84.8 Å². The number of hydrogen-bond acceptors (Lipinski definition) is 6. The van der Waals surface area contributed by atoms with E-state index in [2.05, 4.69) is 46.6 Å². The molecule has 2 aromatic carbocycles. The van der Waals surface area contributed by atoms with Crippen molar-refractivity contribution in [3.63, 3.8) is 0 Å². The van der Waals surface area contributed by atoms with E-state index in [0.29, 0.717) is 38.0 Å². The Hall–Kier alpha value is -3.45. The summed E-state index contributed by atoms with van der Waals surface area (Å²) < 4.78 is 12.3. The van der Waals surface area contributed by atoms with Crippen molar-refractivity contribution in [2.24, 2.45) is 5.92 Å². The lowest BCUT2D eigenvalue weighted by Gasteiger charge is -2.34. The van der Waals surface area contributed by atoms with E-state index in [1.165, 1.54) is 48.8 Å². The van der Waals surface area contributed by atoms with E-state index >= 15 is 0 Å². The van der Waals surface area contributed by atoms with Gasteiger partial charge in [-0.25, -0.2) is 0 Å². The van der Waals surface area contributed by atoms with Crippen LogP contribution in [0.2, 0.25) is 0 Å². The Labute approximate surface area is 230 Å². The second kappa shape index (κ2) is 11.7. The second-order valence-corrected chi connectivity index (χ2v) is 11.3. The molecule has 1 fully saturated rings. The average Bonchev–Trinajstić information content (AvgIpc) is 3.18. The van der Waals surface area contributed by atoms with E-state index in [-0.39, 0.29) is 0 Å². The molecule has 39 heavy (non-hydrogen) atoms. The highest BCUT2D eigenvalue weighted by Crippen LogP contribution is 2.37. The van der Waals surface area contributed by atoms with Gasteiger partial charge < -0.3 is 14.6 Å². The van der Waals surface area contributed by atoms with Gasteiger partial charge in [0.1, 0.15) is 17.5 Å². The number of carboxylic acid groups (broad SMARTS) is 1. The Bertz CT molecular complexity index is 1270. The number of nitrogens with zero attached hydrogens (tertiary/aromatic N) is 3. The van der Waals surface area contributed by atoms with Gasteiger partial charge in [-0.1, -0.05) is 37.5 Å². The molecule has 7 heteroatoms. The Morgan fingerprint density at radius 3 is 2.62 bits per heavy atom. The SMILES string of the molecule is O=C(O)[C@@H]1Cc2cc3c(cc2CN1Cc1cccnn1)CC(c1ccc(OCC2CCCCC2)cc1)CCO3. The number of aliphatic carboxylic acids is 1.